The third-order valence-electron chi connectivity index (χ3n) is 4.27. The topological polar surface area (TPSA) is 59.4 Å². The number of hydrogen-bond acceptors (Lipinski definition) is 4. The highest BCUT2D eigenvalue weighted by Gasteiger charge is 2.22. The molecule has 1 saturated heterocycles. The van der Waals surface area contributed by atoms with Crippen molar-refractivity contribution in [1.82, 2.24) is 14.7 Å². The monoisotopic (exact) mass is 328 g/mol. The third kappa shape index (κ3) is 4.35. The Morgan fingerprint density at radius 3 is 2.71 bits per heavy atom. The fraction of sp³-hybridized carbons (Fsp3) is 0.444. The van der Waals surface area contributed by atoms with Crippen LogP contribution in [0.3, 0.4) is 0 Å². The highest BCUT2D eigenvalue weighted by Crippen LogP contribution is 2.22. The van der Waals surface area contributed by atoms with E-state index in [4.69, 9.17) is 4.74 Å². The number of nitrogens with one attached hydrogen (secondary N) is 1. The normalized spacial score (nSPS) is 16.1. The van der Waals surface area contributed by atoms with Crippen molar-refractivity contribution in [2.75, 3.05) is 25.0 Å². The molecule has 1 aromatic carbocycles. The molecular weight excluding hydrogens is 304 g/mol. The fourth-order valence-electron chi connectivity index (χ4n) is 2.92. The van der Waals surface area contributed by atoms with Gasteiger partial charge in [0, 0.05) is 32.4 Å². The Kier molecular flexibility index (Phi) is 5.15. The van der Waals surface area contributed by atoms with Crippen molar-refractivity contribution < 1.29 is 9.53 Å². The van der Waals surface area contributed by atoms with Crippen LogP contribution in [0.4, 0.5) is 5.82 Å². The first kappa shape index (κ1) is 16.5. The minimum absolute atomic E-state index is 0.0213. The Balaban J connectivity index is 1.43. The molecule has 0 aliphatic carbocycles. The summed E-state index contributed by atoms with van der Waals surface area (Å²) >= 11 is 0. The van der Waals surface area contributed by atoms with E-state index in [1.165, 1.54) is 0 Å². The lowest BCUT2D eigenvalue weighted by Gasteiger charge is -2.31. The maximum atomic E-state index is 12.1. The van der Waals surface area contributed by atoms with E-state index in [0.29, 0.717) is 12.4 Å². The number of likely N-dealkylation sites (tertiary alicyclic amines) is 1. The molecule has 0 bridgehead atoms. The van der Waals surface area contributed by atoms with Gasteiger partial charge in [0.15, 0.2) is 5.82 Å². The van der Waals surface area contributed by atoms with E-state index >= 15 is 0 Å². The van der Waals surface area contributed by atoms with Gasteiger partial charge in [-0.25, -0.2) is 0 Å². The number of hydrogen-bond donors (Lipinski definition) is 1. The van der Waals surface area contributed by atoms with E-state index < -0.39 is 0 Å². The molecule has 3 rings (SSSR count). The van der Waals surface area contributed by atoms with Crippen molar-refractivity contribution in [3.05, 3.63) is 42.1 Å². The number of aryl methyl sites for hydroxylation is 2. The summed E-state index contributed by atoms with van der Waals surface area (Å²) in [6.07, 6.45) is 3.90. The second-order valence-electron chi connectivity index (χ2n) is 6.28. The largest absolute Gasteiger partial charge is 0.490 e. The number of carbonyl (C=O) groups is 1. The van der Waals surface area contributed by atoms with Crippen molar-refractivity contribution in [1.29, 1.82) is 0 Å². The van der Waals surface area contributed by atoms with E-state index in [0.717, 1.165) is 37.2 Å². The Morgan fingerprint density at radius 1 is 1.29 bits per heavy atom. The smallest absolute Gasteiger partial charge is 0.239 e. The molecule has 1 aliphatic heterocycles. The van der Waals surface area contributed by atoms with Crippen molar-refractivity contribution in [3.8, 4) is 5.75 Å². The van der Waals surface area contributed by atoms with Crippen molar-refractivity contribution in [2.45, 2.75) is 25.9 Å². The molecule has 1 aromatic heterocycles. The minimum atomic E-state index is -0.0213. The van der Waals surface area contributed by atoms with E-state index in [9.17, 15) is 4.79 Å². The molecular formula is C18H24N4O2. The zero-order valence-electron chi connectivity index (χ0n) is 14.2. The lowest BCUT2D eigenvalue weighted by Crippen LogP contribution is -2.42. The summed E-state index contributed by atoms with van der Waals surface area (Å²) in [7, 11) is 1.83. The first-order valence-electron chi connectivity index (χ1n) is 8.34. The summed E-state index contributed by atoms with van der Waals surface area (Å²) in [6.45, 7) is 4.19. The number of aromatic nitrogens is 2. The van der Waals surface area contributed by atoms with Crippen LogP contribution in [-0.2, 0) is 11.8 Å². The third-order valence-corrected chi connectivity index (χ3v) is 4.27. The van der Waals surface area contributed by atoms with Crippen LogP contribution >= 0.6 is 0 Å². The SMILES string of the molecule is Cc1ccccc1OC1CCN(CC(=O)Nc2ccn(C)n2)CC1. The van der Waals surface area contributed by atoms with Crippen molar-refractivity contribution in [2.24, 2.45) is 7.05 Å². The maximum Gasteiger partial charge on any atom is 0.239 e. The Hall–Kier alpha value is -2.34. The van der Waals surface area contributed by atoms with Crippen molar-refractivity contribution >= 4 is 11.7 Å². The molecule has 2 aromatic rings. The van der Waals surface area contributed by atoms with Crippen LogP contribution < -0.4 is 10.1 Å². The van der Waals surface area contributed by atoms with Gasteiger partial charge in [0.05, 0.1) is 6.54 Å². The molecule has 6 nitrogen and oxygen atoms in total. The Labute approximate surface area is 142 Å². The standard InChI is InChI=1S/C18H24N4O2/c1-14-5-3-4-6-16(14)24-15-7-11-22(12-8-15)13-18(23)19-17-9-10-21(2)20-17/h3-6,9-10,15H,7-8,11-13H2,1-2H3,(H,19,20,23). The molecule has 1 fully saturated rings. The molecule has 128 valence electrons. The van der Waals surface area contributed by atoms with Gasteiger partial charge in [0.25, 0.3) is 0 Å². The molecule has 1 amide bonds. The average Bonchev–Trinajstić information content (AvgIpc) is 2.96. The van der Waals surface area contributed by atoms with Gasteiger partial charge in [0.2, 0.25) is 5.91 Å². The number of amides is 1. The molecule has 0 spiro atoms. The highest BCUT2D eigenvalue weighted by atomic mass is 16.5. The van der Waals surface area contributed by atoms with Gasteiger partial charge in [-0.2, -0.15) is 5.10 Å². The van der Waals surface area contributed by atoms with Crippen LogP contribution in [-0.4, -0.2) is 46.3 Å². The zero-order valence-corrected chi connectivity index (χ0v) is 14.2. The summed E-state index contributed by atoms with van der Waals surface area (Å²) < 4.78 is 7.77. The van der Waals surface area contributed by atoms with Gasteiger partial charge < -0.3 is 10.1 Å². The maximum absolute atomic E-state index is 12.1. The molecule has 1 N–H and O–H groups in total. The second-order valence-corrected chi connectivity index (χ2v) is 6.28. The zero-order chi connectivity index (χ0) is 16.9. The predicted octanol–water partition coefficient (Wildman–Crippen LogP) is 2.21. The first-order valence-corrected chi connectivity index (χ1v) is 8.34. The van der Waals surface area contributed by atoms with Gasteiger partial charge in [-0.3, -0.25) is 14.4 Å². The van der Waals surface area contributed by atoms with Gasteiger partial charge in [-0.15, -0.1) is 0 Å². The number of nitrogens with zero attached hydrogens (tertiary/aromatic N) is 3. The summed E-state index contributed by atoms with van der Waals surface area (Å²) in [4.78, 5) is 14.2. The second kappa shape index (κ2) is 7.49. The van der Waals surface area contributed by atoms with Gasteiger partial charge in [-0.1, -0.05) is 18.2 Å². The molecule has 0 radical (unpaired) electrons. The minimum Gasteiger partial charge on any atom is -0.490 e. The van der Waals surface area contributed by atoms with Crippen molar-refractivity contribution in [3.63, 3.8) is 0 Å². The van der Waals surface area contributed by atoms with Crippen LogP contribution in [0.15, 0.2) is 36.5 Å². The lowest BCUT2D eigenvalue weighted by molar-refractivity contribution is -0.117. The number of ether oxygens (including phenoxy) is 1. The Morgan fingerprint density at radius 2 is 2.04 bits per heavy atom. The molecule has 1 aliphatic rings. The summed E-state index contributed by atoms with van der Waals surface area (Å²) in [5.74, 6) is 1.54. The number of carbonyl (C=O) groups excluding carboxylic acids is 1. The molecule has 0 atom stereocenters. The number of rotatable bonds is 5. The molecule has 24 heavy (non-hydrogen) atoms. The van der Waals surface area contributed by atoms with E-state index in [-0.39, 0.29) is 12.0 Å². The van der Waals surface area contributed by atoms with E-state index in [1.54, 1.807) is 10.7 Å². The fourth-order valence-corrected chi connectivity index (χ4v) is 2.92. The van der Waals surface area contributed by atoms with Gasteiger partial charge >= 0.3 is 0 Å². The molecule has 2 heterocycles. The van der Waals surface area contributed by atoms with Crippen LogP contribution in [0, 0.1) is 6.92 Å². The predicted molar refractivity (Wildman–Crippen MR) is 93.1 cm³/mol. The van der Waals surface area contributed by atoms with Crippen LogP contribution in [0.25, 0.3) is 0 Å². The highest BCUT2D eigenvalue weighted by molar-refractivity contribution is 5.91. The average molecular weight is 328 g/mol. The Bertz CT molecular complexity index is 690. The van der Waals surface area contributed by atoms with Gasteiger partial charge in [0.1, 0.15) is 11.9 Å². The summed E-state index contributed by atoms with van der Waals surface area (Å²) in [5, 5.41) is 6.98. The lowest BCUT2D eigenvalue weighted by atomic mass is 10.1. The van der Waals surface area contributed by atoms with Crippen LogP contribution in [0.1, 0.15) is 18.4 Å². The number of piperidine rings is 1. The molecule has 6 heteroatoms. The van der Waals surface area contributed by atoms with Gasteiger partial charge in [-0.05, 0) is 31.4 Å². The van der Waals surface area contributed by atoms with Crippen LogP contribution in [0.5, 0.6) is 5.75 Å². The van der Waals surface area contributed by atoms with E-state index in [1.807, 2.05) is 31.4 Å². The quantitative estimate of drug-likeness (QED) is 0.914. The first-order chi connectivity index (χ1) is 11.6. The van der Waals surface area contributed by atoms with Crippen LogP contribution in [0.2, 0.25) is 0 Å². The summed E-state index contributed by atoms with van der Waals surface area (Å²) in [6, 6.07) is 9.89. The number of benzene rings is 1. The number of anilines is 1. The van der Waals surface area contributed by atoms with E-state index in [2.05, 4.69) is 28.3 Å². The summed E-state index contributed by atoms with van der Waals surface area (Å²) in [5.41, 5.74) is 1.16. The molecule has 0 unspecified atom stereocenters. The molecule has 0 saturated carbocycles. The number of para-hydroxylation sites is 1.